The van der Waals surface area contributed by atoms with E-state index in [1.54, 1.807) is 24.1 Å². The molecule has 1 amide bonds. The molecule has 4 rings (SSSR count). The Hall–Kier alpha value is -2.42. The first-order valence-corrected chi connectivity index (χ1v) is 10.4. The average molecular weight is 432 g/mol. The number of aliphatic hydroxyl groups excluding tert-OH is 1. The lowest BCUT2D eigenvalue weighted by molar-refractivity contribution is -0.132. The van der Waals surface area contributed by atoms with E-state index < -0.39 is 12.5 Å². The highest BCUT2D eigenvalue weighted by Crippen LogP contribution is 2.34. The molecule has 0 radical (unpaired) electrons. The van der Waals surface area contributed by atoms with Crippen LogP contribution in [0.4, 0.5) is 8.78 Å². The first kappa shape index (κ1) is 20.8. The van der Waals surface area contributed by atoms with Crippen LogP contribution in [-0.4, -0.2) is 59.6 Å². The van der Waals surface area contributed by atoms with Crippen LogP contribution in [0.15, 0.2) is 70.6 Å². The van der Waals surface area contributed by atoms with Gasteiger partial charge in [0.15, 0.2) is 0 Å². The summed E-state index contributed by atoms with van der Waals surface area (Å²) in [4.78, 5) is 15.7. The molecule has 0 saturated carbocycles. The van der Waals surface area contributed by atoms with Gasteiger partial charge < -0.3 is 14.7 Å². The number of carbonyl (C=O) groups excluding carboxylic acids is 1. The molecule has 2 aromatic rings. The Morgan fingerprint density at radius 3 is 2.20 bits per heavy atom. The molecule has 0 spiro atoms. The van der Waals surface area contributed by atoms with Crippen LogP contribution in [0.1, 0.15) is 11.5 Å². The van der Waals surface area contributed by atoms with Crippen LogP contribution in [0.25, 0.3) is 0 Å². The minimum absolute atomic E-state index is 0.0491. The smallest absolute Gasteiger partial charge is 0.387 e. The van der Waals surface area contributed by atoms with Gasteiger partial charge in [0.2, 0.25) is 5.91 Å². The summed E-state index contributed by atoms with van der Waals surface area (Å²) in [5.74, 6) is -0.444. The SMILES string of the molecule is O=C(C(CO)c1ccccc1)N1CC2=C(CN(Sc3ccc(OC(F)F)cc3)C2)C1. The zero-order valence-electron chi connectivity index (χ0n) is 16.2. The van der Waals surface area contributed by atoms with Crippen molar-refractivity contribution in [3.8, 4) is 5.75 Å². The molecule has 158 valence electrons. The van der Waals surface area contributed by atoms with Crippen LogP contribution in [0.5, 0.6) is 5.75 Å². The number of alkyl halides is 2. The Morgan fingerprint density at radius 1 is 1.00 bits per heavy atom. The maximum Gasteiger partial charge on any atom is 0.387 e. The predicted octanol–water partition coefficient (Wildman–Crippen LogP) is 3.53. The highest BCUT2D eigenvalue weighted by atomic mass is 32.2. The van der Waals surface area contributed by atoms with Gasteiger partial charge in [-0.2, -0.15) is 8.78 Å². The quantitative estimate of drug-likeness (QED) is 0.536. The fourth-order valence-electron chi connectivity index (χ4n) is 3.83. The van der Waals surface area contributed by atoms with E-state index in [4.69, 9.17) is 0 Å². The van der Waals surface area contributed by atoms with E-state index in [1.165, 1.54) is 23.3 Å². The molecular formula is C22H22F2N2O3S. The van der Waals surface area contributed by atoms with Crippen LogP contribution in [-0.2, 0) is 4.79 Å². The molecule has 30 heavy (non-hydrogen) atoms. The van der Waals surface area contributed by atoms with Gasteiger partial charge in [0.25, 0.3) is 0 Å². The van der Waals surface area contributed by atoms with Crippen molar-refractivity contribution in [2.45, 2.75) is 17.4 Å². The van der Waals surface area contributed by atoms with Gasteiger partial charge in [0, 0.05) is 31.1 Å². The third-order valence-electron chi connectivity index (χ3n) is 5.28. The van der Waals surface area contributed by atoms with Crippen molar-refractivity contribution in [2.75, 3.05) is 32.8 Å². The van der Waals surface area contributed by atoms with E-state index >= 15 is 0 Å². The van der Waals surface area contributed by atoms with Crippen LogP contribution in [0, 0.1) is 0 Å². The normalized spacial score (nSPS) is 17.5. The number of halogens is 2. The minimum atomic E-state index is -2.83. The molecule has 2 heterocycles. The molecule has 0 aliphatic carbocycles. The monoisotopic (exact) mass is 432 g/mol. The van der Waals surface area contributed by atoms with Crippen LogP contribution < -0.4 is 4.74 Å². The molecule has 0 saturated heterocycles. The van der Waals surface area contributed by atoms with E-state index in [0.29, 0.717) is 13.1 Å². The average Bonchev–Trinajstić information content (AvgIpc) is 3.29. The van der Waals surface area contributed by atoms with Gasteiger partial charge in [-0.3, -0.25) is 4.79 Å². The van der Waals surface area contributed by atoms with Crippen molar-refractivity contribution < 1.29 is 23.4 Å². The summed E-state index contributed by atoms with van der Waals surface area (Å²) in [6.45, 7) is -0.391. The maximum absolute atomic E-state index is 12.9. The highest BCUT2D eigenvalue weighted by Gasteiger charge is 2.35. The van der Waals surface area contributed by atoms with E-state index in [9.17, 15) is 18.7 Å². The van der Waals surface area contributed by atoms with Gasteiger partial charge in [-0.1, -0.05) is 30.3 Å². The summed E-state index contributed by atoms with van der Waals surface area (Å²) in [6, 6.07) is 15.9. The Bertz CT molecular complexity index is 904. The van der Waals surface area contributed by atoms with Gasteiger partial charge in [-0.15, -0.1) is 0 Å². The number of hydrogen-bond acceptors (Lipinski definition) is 5. The number of nitrogens with zero attached hydrogens (tertiary/aromatic N) is 2. The molecule has 1 unspecified atom stereocenters. The summed E-state index contributed by atoms with van der Waals surface area (Å²) in [6.07, 6.45) is 0. The molecule has 2 aliphatic heterocycles. The number of benzene rings is 2. The second-order valence-electron chi connectivity index (χ2n) is 7.29. The number of carbonyl (C=O) groups is 1. The number of ether oxygens (including phenoxy) is 1. The zero-order valence-corrected chi connectivity index (χ0v) is 17.0. The molecule has 0 bridgehead atoms. The lowest BCUT2D eigenvalue weighted by Crippen LogP contribution is -2.37. The van der Waals surface area contributed by atoms with Crippen molar-refractivity contribution in [1.29, 1.82) is 0 Å². The Labute approximate surface area is 178 Å². The number of rotatable bonds is 7. The third-order valence-corrected chi connectivity index (χ3v) is 6.27. The number of amides is 1. The van der Waals surface area contributed by atoms with Crippen molar-refractivity contribution in [2.24, 2.45) is 0 Å². The highest BCUT2D eigenvalue weighted by molar-refractivity contribution is 7.97. The molecule has 5 nitrogen and oxygen atoms in total. The Morgan fingerprint density at radius 2 is 1.63 bits per heavy atom. The lowest BCUT2D eigenvalue weighted by atomic mass is 9.98. The first-order chi connectivity index (χ1) is 14.5. The lowest BCUT2D eigenvalue weighted by Gasteiger charge is -2.25. The summed E-state index contributed by atoms with van der Waals surface area (Å²) in [7, 11) is 0. The van der Waals surface area contributed by atoms with Crippen molar-refractivity contribution >= 4 is 17.9 Å². The van der Waals surface area contributed by atoms with Gasteiger partial charge in [0.1, 0.15) is 5.75 Å². The second-order valence-corrected chi connectivity index (χ2v) is 8.46. The summed E-state index contributed by atoms with van der Waals surface area (Å²) in [5, 5.41) is 9.76. The van der Waals surface area contributed by atoms with Crippen LogP contribution in [0.3, 0.4) is 0 Å². The summed E-state index contributed by atoms with van der Waals surface area (Å²) in [5.41, 5.74) is 3.30. The third kappa shape index (κ3) is 4.66. The van der Waals surface area contributed by atoms with E-state index in [-0.39, 0.29) is 18.3 Å². The molecule has 8 heteroatoms. The number of hydrogen-bond donors (Lipinski definition) is 1. The predicted molar refractivity (Wildman–Crippen MR) is 110 cm³/mol. The second kappa shape index (κ2) is 9.16. The molecule has 0 aromatic heterocycles. The minimum Gasteiger partial charge on any atom is -0.435 e. The van der Waals surface area contributed by atoms with Crippen molar-refractivity contribution in [3.63, 3.8) is 0 Å². The Kier molecular flexibility index (Phi) is 6.36. The fourth-order valence-corrected chi connectivity index (χ4v) is 4.83. The zero-order chi connectivity index (χ0) is 21.1. The van der Waals surface area contributed by atoms with E-state index in [2.05, 4.69) is 9.04 Å². The molecule has 0 fully saturated rings. The largest absolute Gasteiger partial charge is 0.435 e. The first-order valence-electron chi connectivity index (χ1n) is 9.65. The van der Waals surface area contributed by atoms with Gasteiger partial charge in [-0.05, 0) is 52.9 Å². The van der Waals surface area contributed by atoms with E-state index in [1.807, 2.05) is 35.2 Å². The number of aliphatic hydroxyl groups is 1. The van der Waals surface area contributed by atoms with Gasteiger partial charge in [-0.25, -0.2) is 4.31 Å². The van der Waals surface area contributed by atoms with Gasteiger partial charge in [0.05, 0.1) is 12.5 Å². The Balaban J connectivity index is 1.31. The molecule has 1 N–H and O–H groups in total. The molecule has 2 aromatic carbocycles. The van der Waals surface area contributed by atoms with Gasteiger partial charge >= 0.3 is 6.61 Å². The maximum atomic E-state index is 12.9. The van der Waals surface area contributed by atoms with Crippen molar-refractivity contribution in [1.82, 2.24) is 9.21 Å². The molecule has 2 aliphatic rings. The standard InChI is InChI=1S/C22H22F2N2O3S/c23-22(24)29-18-6-8-19(9-7-18)30-26-12-16-10-25(11-17(16)13-26)21(28)20(14-27)15-4-2-1-3-5-15/h1-9,20,22,27H,10-14H2. The summed E-state index contributed by atoms with van der Waals surface area (Å²) >= 11 is 1.56. The van der Waals surface area contributed by atoms with Crippen molar-refractivity contribution in [3.05, 3.63) is 71.3 Å². The van der Waals surface area contributed by atoms with E-state index in [0.717, 1.165) is 23.5 Å². The topological polar surface area (TPSA) is 53.0 Å². The molecule has 1 atom stereocenters. The fraction of sp³-hybridized carbons (Fsp3) is 0.318. The van der Waals surface area contributed by atoms with Crippen LogP contribution >= 0.6 is 11.9 Å². The van der Waals surface area contributed by atoms with Crippen LogP contribution in [0.2, 0.25) is 0 Å². The molecular weight excluding hydrogens is 410 g/mol. The summed E-state index contributed by atoms with van der Waals surface area (Å²) < 4.78 is 31.1.